The number of methoxy groups -OCH3 is 1. The second-order valence-electron chi connectivity index (χ2n) is 10.8. The van der Waals surface area contributed by atoms with Crippen molar-refractivity contribution in [3.8, 4) is 40.2 Å². The minimum Gasteiger partial charge on any atom is -0.493 e. The van der Waals surface area contributed by atoms with Crippen LogP contribution in [0.3, 0.4) is 0 Å². The number of halogens is 3. The number of hydrogen-bond donors (Lipinski definition) is 2. The van der Waals surface area contributed by atoms with E-state index in [9.17, 15) is 18.3 Å². The second-order valence-corrected chi connectivity index (χ2v) is 10.8. The van der Waals surface area contributed by atoms with Gasteiger partial charge in [-0.1, -0.05) is 12.1 Å². The van der Waals surface area contributed by atoms with Crippen LogP contribution in [-0.4, -0.2) is 54.3 Å². The Morgan fingerprint density at radius 2 is 1.90 bits per heavy atom. The summed E-state index contributed by atoms with van der Waals surface area (Å²) in [7, 11) is 1.45. The molecule has 1 spiro atoms. The fourth-order valence-corrected chi connectivity index (χ4v) is 5.09. The van der Waals surface area contributed by atoms with Gasteiger partial charge >= 0.3 is 6.18 Å². The number of benzene rings is 1. The molecule has 2 aliphatic carbocycles. The highest BCUT2D eigenvalue weighted by Crippen LogP contribution is 2.49. The third kappa shape index (κ3) is 4.44. The molecule has 1 aliphatic heterocycles. The fourth-order valence-electron chi connectivity index (χ4n) is 5.09. The summed E-state index contributed by atoms with van der Waals surface area (Å²) in [5, 5.41) is 12.1. The Balaban J connectivity index is 1.41. The van der Waals surface area contributed by atoms with Crippen LogP contribution < -0.4 is 14.2 Å². The number of aromatic amines is 1. The van der Waals surface area contributed by atoms with Crippen LogP contribution in [0.4, 0.5) is 13.2 Å². The average molecular weight is 567 g/mol. The number of imidazole rings is 1. The highest BCUT2D eigenvalue weighted by molar-refractivity contribution is 5.67. The molecular weight excluding hydrogens is 541 g/mol. The van der Waals surface area contributed by atoms with Crippen molar-refractivity contribution in [2.24, 2.45) is 0 Å². The van der Waals surface area contributed by atoms with Crippen LogP contribution in [0.15, 0.2) is 36.9 Å². The Morgan fingerprint density at radius 3 is 2.59 bits per heavy atom. The summed E-state index contributed by atoms with van der Waals surface area (Å²) in [5.41, 5.74) is -1.21. The molecule has 4 aromatic rings. The fraction of sp³-hybridized carbons (Fsp3) is 0.393. The SMILES string of the molecule is COc1cnc2nc1C(C)(O)c1ccc(-c3ncc(C(F)(F)F)[nH]3)cc1OCC1(CC1)Oc1ncnc(C3CC3)c1-2. The summed E-state index contributed by atoms with van der Waals surface area (Å²) >= 11 is 0. The summed E-state index contributed by atoms with van der Waals surface area (Å²) in [4.78, 5) is 24.5. The minimum atomic E-state index is -4.57. The van der Waals surface area contributed by atoms with Crippen molar-refractivity contribution in [1.29, 1.82) is 0 Å². The number of aromatic nitrogens is 6. The summed E-state index contributed by atoms with van der Waals surface area (Å²) in [5.74, 6) is 1.34. The Morgan fingerprint density at radius 1 is 1.10 bits per heavy atom. The van der Waals surface area contributed by atoms with Crippen LogP contribution in [0.1, 0.15) is 61.2 Å². The van der Waals surface area contributed by atoms with E-state index in [0.29, 0.717) is 41.2 Å². The Labute approximate surface area is 232 Å². The van der Waals surface area contributed by atoms with Crippen molar-refractivity contribution in [3.63, 3.8) is 0 Å². The molecule has 2 saturated carbocycles. The van der Waals surface area contributed by atoms with Crippen LogP contribution in [0.5, 0.6) is 17.4 Å². The van der Waals surface area contributed by atoms with Crippen molar-refractivity contribution >= 4 is 0 Å². The van der Waals surface area contributed by atoms with E-state index in [2.05, 4.69) is 24.9 Å². The molecule has 10 nitrogen and oxygen atoms in total. The first kappa shape index (κ1) is 25.7. The van der Waals surface area contributed by atoms with Crippen molar-refractivity contribution in [2.75, 3.05) is 13.7 Å². The normalized spacial score (nSPS) is 21.0. The van der Waals surface area contributed by atoms with Crippen molar-refractivity contribution in [3.05, 3.63) is 59.6 Å². The Hall–Kier alpha value is -4.26. The standard InChI is InChI=1S/C28H25F3N6O4/c1-26(38)16-6-5-15(23-33-11-19(36-23)28(29,30)31)9-17(16)40-12-27(7-8-27)41-25-20(21(14-3-4-14)34-13-35-25)24-32-10-18(39-2)22(26)37-24/h5-6,9-11,13-14,38H,3-4,7-8,12H2,1-2H3,(H,33,36). The first-order chi connectivity index (χ1) is 19.6. The van der Waals surface area contributed by atoms with Crippen molar-refractivity contribution in [2.45, 2.75) is 55.9 Å². The van der Waals surface area contributed by atoms with Gasteiger partial charge in [0.1, 0.15) is 52.7 Å². The first-order valence-corrected chi connectivity index (χ1v) is 13.2. The van der Waals surface area contributed by atoms with Crippen LogP contribution in [0.25, 0.3) is 22.8 Å². The highest BCUT2D eigenvalue weighted by atomic mass is 19.4. The van der Waals surface area contributed by atoms with Crippen LogP contribution in [-0.2, 0) is 11.8 Å². The van der Waals surface area contributed by atoms with E-state index in [0.717, 1.165) is 24.7 Å². The van der Waals surface area contributed by atoms with E-state index < -0.39 is 23.1 Å². The number of nitrogens with zero attached hydrogens (tertiary/aromatic N) is 5. The van der Waals surface area contributed by atoms with Crippen molar-refractivity contribution in [1.82, 2.24) is 29.9 Å². The number of rotatable bonds is 3. The lowest BCUT2D eigenvalue weighted by Crippen LogP contribution is -2.31. The maximum atomic E-state index is 13.2. The second kappa shape index (κ2) is 8.87. The topological polar surface area (TPSA) is 128 Å². The summed E-state index contributed by atoms with van der Waals surface area (Å²) in [6.45, 7) is 1.66. The number of H-pyrrole nitrogens is 1. The lowest BCUT2D eigenvalue weighted by atomic mass is 9.89. The van der Waals surface area contributed by atoms with Gasteiger partial charge in [-0.2, -0.15) is 13.2 Å². The highest BCUT2D eigenvalue weighted by Gasteiger charge is 2.49. The molecule has 2 bridgehead atoms. The van der Waals surface area contributed by atoms with E-state index in [1.54, 1.807) is 25.1 Å². The minimum absolute atomic E-state index is 0.00649. The predicted octanol–water partition coefficient (Wildman–Crippen LogP) is 4.79. The molecule has 1 aromatic carbocycles. The van der Waals surface area contributed by atoms with Gasteiger partial charge in [0.15, 0.2) is 11.6 Å². The molecule has 0 amide bonds. The summed E-state index contributed by atoms with van der Waals surface area (Å²) in [6.07, 6.45) is 2.47. The lowest BCUT2D eigenvalue weighted by Gasteiger charge is -2.29. The molecule has 41 heavy (non-hydrogen) atoms. The van der Waals surface area contributed by atoms with Gasteiger partial charge in [0.25, 0.3) is 0 Å². The van der Waals surface area contributed by atoms with E-state index in [-0.39, 0.29) is 35.5 Å². The molecule has 7 rings (SSSR count). The molecule has 0 radical (unpaired) electrons. The van der Waals surface area contributed by atoms with E-state index in [4.69, 9.17) is 19.2 Å². The third-order valence-electron chi connectivity index (χ3n) is 7.74. The molecule has 0 saturated heterocycles. The molecule has 1 atom stereocenters. The molecule has 4 heterocycles. The zero-order valence-electron chi connectivity index (χ0n) is 22.1. The van der Waals surface area contributed by atoms with Crippen LogP contribution in [0, 0.1) is 0 Å². The lowest BCUT2D eigenvalue weighted by molar-refractivity contribution is -0.140. The largest absolute Gasteiger partial charge is 0.493 e. The molecule has 3 aromatic heterocycles. The molecule has 1 unspecified atom stereocenters. The molecule has 3 aliphatic rings. The van der Waals surface area contributed by atoms with Gasteiger partial charge in [-0.25, -0.2) is 24.9 Å². The van der Waals surface area contributed by atoms with Gasteiger partial charge in [-0.15, -0.1) is 0 Å². The molecule has 212 valence electrons. The van der Waals surface area contributed by atoms with Gasteiger partial charge in [0.2, 0.25) is 5.88 Å². The van der Waals surface area contributed by atoms with Gasteiger partial charge in [0.05, 0.1) is 25.2 Å². The average Bonchev–Trinajstić information content (AvgIpc) is 3.88. The van der Waals surface area contributed by atoms with Gasteiger partial charge in [-0.3, -0.25) is 0 Å². The maximum absolute atomic E-state index is 13.2. The zero-order chi connectivity index (χ0) is 28.6. The molecule has 13 heteroatoms. The van der Waals surface area contributed by atoms with E-state index in [1.165, 1.54) is 19.6 Å². The van der Waals surface area contributed by atoms with Crippen LogP contribution in [0.2, 0.25) is 0 Å². The van der Waals surface area contributed by atoms with Gasteiger partial charge in [0, 0.05) is 17.0 Å². The quantitative estimate of drug-likeness (QED) is 0.360. The molecule has 2 N–H and O–H groups in total. The van der Waals surface area contributed by atoms with Gasteiger partial charge < -0.3 is 24.3 Å². The predicted molar refractivity (Wildman–Crippen MR) is 137 cm³/mol. The van der Waals surface area contributed by atoms with E-state index >= 15 is 0 Å². The summed E-state index contributed by atoms with van der Waals surface area (Å²) < 4.78 is 57.9. The number of ether oxygens (including phenoxy) is 3. The number of hydrogen-bond acceptors (Lipinski definition) is 9. The van der Waals surface area contributed by atoms with Crippen molar-refractivity contribution < 1.29 is 32.5 Å². The molecular formula is C28H25F3N6O4. The third-order valence-corrected chi connectivity index (χ3v) is 7.74. The number of nitrogens with one attached hydrogen (secondary N) is 1. The maximum Gasteiger partial charge on any atom is 0.432 e. The monoisotopic (exact) mass is 566 g/mol. The molecule has 2 fully saturated rings. The smallest absolute Gasteiger partial charge is 0.432 e. The zero-order valence-corrected chi connectivity index (χ0v) is 22.1. The first-order valence-electron chi connectivity index (χ1n) is 13.2. The van der Waals surface area contributed by atoms with E-state index in [1.807, 2.05) is 0 Å². The number of aliphatic hydroxyl groups is 1. The van der Waals surface area contributed by atoms with Gasteiger partial charge in [-0.05, 0) is 38.7 Å². The van der Waals surface area contributed by atoms with Crippen LogP contribution >= 0.6 is 0 Å². The summed E-state index contributed by atoms with van der Waals surface area (Å²) in [6, 6.07) is 4.69. The number of alkyl halides is 3. The number of fused-ring (bicyclic) bond motifs is 5. The Kier molecular flexibility index (Phi) is 5.56. The Bertz CT molecular complexity index is 1660.